The number of amides is 1. The maximum absolute atomic E-state index is 11.5. The second-order valence-corrected chi connectivity index (χ2v) is 5.22. The zero-order chi connectivity index (χ0) is 15.1. The first-order valence-corrected chi connectivity index (χ1v) is 6.11. The van der Waals surface area contributed by atoms with Crippen LogP contribution in [0.5, 0.6) is 0 Å². The van der Waals surface area contributed by atoms with Gasteiger partial charge in [-0.3, -0.25) is 0 Å². The van der Waals surface area contributed by atoms with Gasteiger partial charge in [0.2, 0.25) is 0 Å². The predicted molar refractivity (Wildman–Crippen MR) is 70.6 cm³/mol. The number of ether oxygens (including phenoxy) is 2. The Morgan fingerprint density at radius 1 is 1.42 bits per heavy atom. The van der Waals surface area contributed by atoms with E-state index in [0.29, 0.717) is 0 Å². The topological polar surface area (TPSA) is 84.9 Å². The quantitative estimate of drug-likeness (QED) is 0.564. The van der Waals surface area contributed by atoms with E-state index in [1.807, 2.05) is 0 Å². The molecule has 0 saturated carbocycles. The lowest BCUT2D eigenvalue weighted by Crippen LogP contribution is -2.39. The molecule has 2 N–H and O–H groups in total. The van der Waals surface area contributed by atoms with Gasteiger partial charge in [-0.15, -0.1) is 0 Å². The van der Waals surface area contributed by atoms with E-state index in [1.165, 1.54) is 6.08 Å². The molecule has 0 aromatic heterocycles. The molecule has 0 aromatic carbocycles. The summed E-state index contributed by atoms with van der Waals surface area (Å²) in [5, 5.41) is 12.1. The monoisotopic (exact) mass is 273 g/mol. The van der Waals surface area contributed by atoms with E-state index in [4.69, 9.17) is 9.47 Å². The summed E-state index contributed by atoms with van der Waals surface area (Å²) >= 11 is 0. The van der Waals surface area contributed by atoms with Gasteiger partial charge in [0.05, 0.1) is 0 Å². The van der Waals surface area contributed by atoms with Gasteiger partial charge in [0, 0.05) is 12.5 Å². The molecule has 6 heteroatoms. The van der Waals surface area contributed by atoms with Crippen molar-refractivity contribution in [2.75, 3.05) is 6.61 Å². The van der Waals surface area contributed by atoms with Gasteiger partial charge in [0.25, 0.3) is 0 Å². The molecule has 6 nitrogen and oxygen atoms in total. The average Bonchev–Trinajstić information content (AvgIpc) is 2.23. The number of hydrogen-bond acceptors (Lipinski definition) is 5. The fourth-order valence-corrected chi connectivity index (χ4v) is 1.24. The van der Waals surface area contributed by atoms with Crippen LogP contribution in [0.1, 0.15) is 34.1 Å². The van der Waals surface area contributed by atoms with Crippen molar-refractivity contribution < 1.29 is 24.2 Å². The summed E-state index contributed by atoms with van der Waals surface area (Å²) in [5.41, 5.74) is -0.655. The molecule has 0 saturated heterocycles. The summed E-state index contributed by atoms with van der Waals surface area (Å²) in [6.45, 7) is 10.3. The molecule has 1 amide bonds. The predicted octanol–water partition coefficient (Wildman–Crippen LogP) is 1.38. The molecular weight excluding hydrogens is 250 g/mol. The highest BCUT2D eigenvalue weighted by molar-refractivity contribution is 5.75. The third kappa shape index (κ3) is 9.07. The Morgan fingerprint density at radius 3 is 2.47 bits per heavy atom. The molecule has 0 aliphatic carbocycles. The number of hydrogen-bond donors (Lipinski definition) is 2. The number of alkyl carbamates (subject to hydrolysis) is 1. The van der Waals surface area contributed by atoms with Crippen LogP contribution in [0, 0.1) is 0 Å². The second-order valence-electron chi connectivity index (χ2n) is 5.22. The summed E-state index contributed by atoms with van der Waals surface area (Å²) < 4.78 is 9.74. The lowest BCUT2D eigenvalue weighted by Gasteiger charge is -2.23. The maximum atomic E-state index is 11.5. The van der Waals surface area contributed by atoms with Crippen molar-refractivity contribution in [1.82, 2.24) is 5.32 Å². The van der Waals surface area contributed by atoms with Crippen LogP contribution in [0.15, 0.2) is 12.7 Å². The molecule has 0 fully saturated rings. The normalized spacial score (nSPS) is 14.2. The van der Waals surface area contributed by atoms with Crippen molar-refractivity contribution >= 4 is 12.1 Å². The smallest absolute Gasteiger partial charge is 0.407 e. The molecule has 19 heavy (non-hydrogen) atoms. The molecule has 110 valence electrons. The highest BCUT2D eigenvalue weighted by atomic mass is 16.6. The van der Waals surface area contributed by atoms with E-state index in [-0.39, 0.29) is 13.0 Å². The van der Waals surface area contributed by atoms with Crippen molar-refractivity contribution in [3.8, 4) is 0 Å². The standard InChI is InChI=1S/C13H23NO5/c1-6-7-18-12(17)14-9(2)8-10(15)11(16)19-13(3,4)5/h6,9-10,15H,1,7-8H2,2-5H3,(H,14,17). The van der Waals surface area contributed by atoms with Crippen LogP contribution in [0.3, 0.4) is 0 Å². The Labute approximate surface area is 113 Å². The van der Waals surface area contributed by atoms with E-state index in [9.17, 15) is 14.7 Å². The molecule has 0 bridgehead atoms. The molecule has 2 atom stereocenters. The van der Waals surface area contributed by atoms with Gasteiger partial charge in [0.15, 0.2) is 6.10 Å². The Balaban J connectivity index is 4.11. The molecular formula is C13H23NO5. The highest BCUT2D eigenvalue weighted by Gasteiger charge is 2.25. The van der Waals surface area contributed by atoms with Gasteiger partial charge in [0.1, 0.15) is 12.2 Å². The van der Waals surface area contributed by atoms with E-state index in [1.54, 1.807) is 27.7 Å². The average molecular weight is 273 g/mol. The Hall–Kier alpha value is -1.56. The minimum Gasteiger partial charge on any atom is -0.458 e. The summed E-state index contributed by atoms with van der Waals surface area (Å²) in [6, 6.07) is -0.417. The number of esters is 1. The number of rotatable bonds is 6. The molecule has 0 rings (SSSR count). The second kappa shape index (κ2) is 7.78. The third-order valence-electron chi connectivity index (χ3n) is 1.95. The fourth-order valence-electron chi connectivity index (χ4n) is 1.24. The lowest BCUT2D eigenvalue weighted by molar-refractivity contribution is -0.165. The van der Waals surface area contributed by atoms with Gasteiger partial charge in [-0.2, -0.15) is 0 Å². The first-order chi connectivity index (χ1) is 8.65. The van der Waals surface area contributed by atoms with Crippen molar-refractivity contribution in [3.63, 3.8) is 0 Å². The zero-order valence-electron chi connectivity index (χ0n) is 11.9. The Morgan fingerprint density at radius 2 is 2.00 bits per heavy atom. The van der Waals surface area contributed by atoms with Crippen molar-refractivity contribution in [2.24, 2.45) is 0 Å². The SMILES string of the molecule is C=CCOC(=O)NC(C)CC(O)C(=O)OC(C)(C)C. The first-order valence-electron chi connectivity index (χ1n) is 6.11. The Bertz CT molecular complexity index is 321. The van der Waals surface area contributed by atoms with Crippen LogP contribution in [-0.2, 0) is 14.3 Å². The molecule has 0 spiro atoms. The summed E-state index contributed by atoms with van der Waals surface area (Å²) in [6.07, 6.45) is -0.407. The van der Waals surface area contributed by atoms with Crippen LogP contribution in [-0.4, -0.2) is 41.5 Å². The number of carbonyl (C=O) groups excluding carboxylic acids is 2. The third-order valence-corrected chi connectivity index (χ3v) is 1.95. The van der Waals surface area contributed by atoms with E-state index in [2.05, 4.69) is 11.9 Å². The van der Waals surface area contributed by atoms with Gasteiger partial charge in [-0.1, -0.05) is 12.7 Å². The summed E-state index contributed by atoms with van der Waals surface area (Å²) in [7, 11) is 0. The minimum absolute atomic E-state index is 0.0537. The van der Waals surface area contributed by atoms with Gasteiger partial charge < -0.3 is 19.9 Å². The summed E-state index contributed by atoms with van der Waals surface area (Å²) in [4.78, 5) is 22.7. The first kappa shape index (κ1) is 17.4. The zero-order valence-corrected chi connectivity index (χ0v) is 11.9. The van der Waals surface area contributed by atoms with Crippen molar-refractivity contribution in [2.45, 2.75) is 51.9 Å². The number of aliphatic hydroxyl groups excluding tert-OH is 1. The number of nitrogens with one attached hydrogen (secondary N) is 1. The van der Waals surface area contributed by atoms with Crippen LogP contribution < -0.4 is 5.32 Å². The van der Waals surface area contributed by atoms with Crippen molar-refractivity contribution in [3.05, 3.63) is 12.7 Å². The Kier molecular flexibility index (Phi) is 7.14. The summed E-state index contributed by atoms with van der Waals surface area (Å²) in [5.74, 6) is -0.708. The van der Waals surface area contributed by atoms with E-state index in [0.717, 1.165) is 0 Å². The molecule has 0 aliphatic rings. The lowest BCUT2D eigenvalue weighted by atomic mass is 10.1. The number of carbonyl (C=O) groups is 2. The molecule has 0 radical (unpaired) electrons. The molecule has 0 aromatic rings. The molecule has 0 heterocycles. The van der Waals surface area contributed by atoms with Crippen LogP contribution >= 0.6 is 0 Å². The van der Waals surface area contributed by atoms with Crippen LogP contribution in [0.25, 0.3) is 0 Å². The molecule has 0 aliphatic heterocycles. The van der Waals surface area contributed by atoms with Crippen LogP contribution in [0.2, 0.25) is 0 Å². The largest absolute Gasteiger partial charge is 0.458 e. The maximum Gasteiger partial charge on any atom is 0.407 e. The van der Waals surface area contributed by atoms with Gasteiger partial charge >= 0.3 is 12.1 Å². The van der Waals surface area contributed by atoms with E-state index >= 15 is 0 Å². The van der Waals surface area contributed by atoms with Crippen LogP contribution in [0.4, 0.5) is 4.79 Å². The van der Waals surface area contributed by atoms with E-state index < -0.39 is 29.8 Å². The van der Waals surface area contributed by atoms with Gasteiger partial charge in [-0.05, 0) is 27.7 Å². The fraction of sp³-hybridized carbons (Fsp3) is 0.692. The molecule has 2 unspecified atom stereocenters. The number of aliphatic hydroxyl groups is 1. The van der Waals surface area contributed by atoms with Crippen molar-refractivity contribution in [1.29, 1.82) is 0 Å². The highest BCUT2D eigenvalue weighted by Crippen LogP contribution is 2.10. The minimum atomic E-state index is -1.28. The van der Waals surface area contributed by atoms with Gasteiger partial charge in [-0.25, -0.2) is 9.59 Å².